The second-order valence-electron chi connectivity index (χ2n) is 8.02. The number of rotatable bonds is 5. The van der Waals surface area contributed by atoms with Crippen molar-refractivity contribution >= 4 is 40.5 Å². The summed E-state index contributed by atoms with van der Waals surface area (Å²) < 4.78 is 0. The molecule has 0 bridgehead atoms. The molecule has 1 saturated heterocycles. The molecule has 0 aromatic heterocycles. The summed E-state index contributed by atoms with van der Waals surface area (Å²) in [5, 5.41) is 14.1. The second-order valence-corrected chi connectivity index (χ2v) is 8.43. The Kier molecular flexibility index (Phi) is 6.79. The van der Waals surface area contributed by atoms with Crippen LogP contribution in [0.25, 0.3) is 0 Å². The first-order chi connectivity index (χ1) is 16.3. The summed E-state index contributed by atoms with van der Waals surface area (Å²) in [6, 6.07) is 18.3. The maximum absolute atomic E-state index is 12.9. The largest absolute Gasteiger partial charge is 0.367 e. The lowest BCUT2D eigenvalue weighted by Crippen LogP contribution is -2.49. The maximum atomic E-state index is 12.9. The molecule has 1 fully saturated rings. The smallest absolute Gasteiger partial charge is 0.270 e. The van der Waals surface area contributed by atoms with Crippen LogP contribution in [-0.4, -0.2) is 47.8 Å². The number of nitrogens with one attached hydrogen (secondary N) is 1. The van der Waals surface area contributed by atoms with E-state index in [9.17, 15) is 19.7 Å². The van der Waals surface area contributed by atoms with Gasteiger partial charge in [-0.1, -0.05) is 35.9 Å². The molecule has 9 heteroatoms. The third-order valence-corrected chi connectivity index (χ3v) is 6.11. The molecule has 174 valence electrons. The van der Waals surface area contributed by atoms with Crippen molar-refractivity contribution in [3.8, 4) is 0 Å². The summed E-state index contributed by atoms with van der Waals surface area (Å²) in [6.07, 6.45) is 0. The van der Waals surface area contributed by atoms with Crippen LogP contribution < -0.4 is 10.2 Å². The van der Waals surface area contributed by atoms with Gasteiger partial charge in [-0.15, -0.1) is 0 Å². The van der Waals surface area contributed by atoms with Crippen molar-refractivity contribution in [1.82, 2.24) is 4.90 Å². The van der Waals surface area contributed by atoms with Crippen molar-refractivity contribution in [2.24, 2.45) is 0 Å². The first-order valence-corrected chi connectivity index (χ1v) is 11.2. The Bertz CT molecular complexity index is 1260. The number of aryl methyl sites for hydroxylation is 1. The van der Waals surface area contributed by atoms with Gasteiger partial charge in [0.1, 0.15) is 0 Å². The minimum Gasteiger partial charge on any atom is -0.367 e. The number of nitro benzene ring substituents is 1. The van der Waals surface area contributed by atoms with Gasteiger partial charge >= 0.3 is 0 Å². The summed E-state index contributed by atoms with van der Waals surface area (Å²) >= 11 is 6.51. The molecule has 0 radical (unpaired) electrons. The number of anilines is 2. The first kappa shape index (κ1) is 23.3. The van der Waals surface area contributed by atoms with Gasteiger partial charge in [0.25, 0.3) is 17.5 Å². The summed E-state index contributed by atoms with van der Waals surface area (Å²) in [6.45, 7) is 4.36. The third kappa shape index (κ3) is 5.02. The number of halogens is 1. The molecule has 0 spiro atoms. The van der Waals surface area contributed by atoms with Crippen LogP contribution >= 0.6 is 11.6 Å². The molecule has 0 saturated carbocycles. The number of benzene rings is 3. The fraction of sp³-hybridized carbons (Fsp3) is 0.200. The molecular weight excluding hydrogens is 456 g/mol. The Morgan fingerprint density at radius 3 is 2.38 bits per heavy atom. The monoisotopic (exact) mass is 478 g/mol. The van der Waals surface area contributed by atoms with E-state index in [1.165, 1.54) is 24.3 Å². The Morgan fingerprint density at radius 1 is 0.971 bits per heavy atom. The van der Waals surface area contributed by atoms with Gasteiger partial charge in [-0.2, -0.15) is 0 Å². The van der Waals surface area contributed by atoms with E-state index in [4.69, 9.17) is 11.6 Å². The number of hydrogen-bond donors (Lipinski definition) is 1. The van der Waals surface area contributed by atoms with Crippen molar-refractivity contribution in [2.45, 2.75) is 6.92 Å². The van der Waals surface area contributed by atoms with Gasteiger partial charge in [0, 0.05) is 55.1 Å². The maximum Gasteiger partial charge on any atom is 0.270 e. The zero-order valence-electron chi connectivity index (χ0n) is 18.5. The molecule has 34 heavy (non-hydrogen) atoms. The van der Waals surface area contributed by atoms with E-state index in [-0.39, 0.29) is 17.2 Å². The lowest BCUT2D eigenvalue weighted by molar-refractivity contribution is -0.384. The Balaban J connectivity index is 1.40. The number of carbonyl (C=O) groups excluding carboxylic acids is 2. The summed E-state index contributed by atoms with van der Waals surface area (Å²) in [7, 11) is 0. The molecular formula is C25H23ClN4O4. The topological polar surface area (TPSA) is 95.8 Å². The molecule has 8 nitrogen and oxygen atoms in total. The van der Waals surface area contributed by atoms with Crippen molar-refractivity contribution < 1.29 is 14.5 Å². The fourth-order valence-corrected chi connectivity index (χ4v) is 4.24. The first-order valence-electron chi connectivity index (χ1n) is 10.8. The molecule has 0 atom stereocenters. The number of amides is 2. The van der Waals surface area contributed by atoms with Crippen molar-refractivity contribution in [1.29, 1.82) is 0 Å². The highest BCUT2D eigenvalue weighted by atomic mass is 35.5. The van der Waals surface area contributed by atoms with Gasteiger partial charge < -0.3 is 15.1 Å². The van der Waals surface area contributed by atoms with Crippen LogP contribution in [0, 0.1) is 17.0 Å². The van der Waals surface area contributed by atoms with Crippen molar-refractivity contribution in [3.63, 3.8) is 0 Å². The van der Waals surface area contributed by atoms with Crippen molar-refractivity contribution in [3.05, 3.63) is 98.6 Å². The predicted octanol–water partition coefficient (Wildman–Crippen LogP) is 4.77. The molecule has 0 unspecified atom stereocenters. The molecule has 2 amide bonds. The Labute approximate surface area is 201 Å². The lowest BCUT2D eigenvalue weighted by atomic mass is 10.1. The molecule has 1 aliphatic rings. The number of nitro groups is 1. The van der Waals surface area contributed by atoms with E-state index >= 15 is 0 Å². The van der Waals surface area contributed by atoms with Crippen LogP contribution in [0.1, 0.15) is 26.3 Å². The van der Waals surface area contributed by atoms with Gasteiger partial charge in [-0.25, -0.2) is 0 Å². The van der Waals surface area contributed by atoms with Gasteiger partial charge in [0.05, 0.1) is 15.6 Å². The minimum absolute atomic E-state index is 0.0306. The predicted molar refractivity (Wildman–Crippen MR) is 132 cm³/mol. The van der Waals surface area contributed by atoms with E-state index in [1.807, 2.05) is 42.2 Å². The second kappa shape index (κ2) is 9.93. The molecule has 3 aromatic carbocycles. The van der Waals surface area contributed by atoms with E-state index < -0.39 is 10.8 Å². The van der Waals surface area contributed by atoms with Crippen LogP contribution in [-0.2, 0) is 0 Å². The third-order valence-electron chi connectivity index (χ3n) is 5.81. The normalized spacial score (nSPS) is 13.5. The van der Waals surface area contributed by atoms with Crippen molar-refractivity contribution in [2.75, 3.05) is 36.4 Å². The highest BCUT2D eigenvalue weighted by molar-refractivity contribution is 6.33. The molecule has 1 aliphatic heterocycles. The number of carbonyl (C=O) groups is 2. The van der Waals surface area contributed by atoms with E-state index in [0.717, 1.165) is 16.8 Å². The van der Waals surface area contributed by atoms with Crippen LogP contribution in [0.4, 0.5) is 17.1 Å². The zero-order valence-corrected chi connectivity index (χ0v) is 19.3. The average Bonchev–Trinajstić information content (AvgIpc) is 2.84. The number of non-ortho nitro benzene ring substituents is 1. The van der Waals surface area contributed by atoms with E-state index in [1.54, 1.807) is 12.1 Å². The fourth-order valence-electron chi connectivity index (χ4n) is 3.94. The standard InChI is InChI=1S/C25H23ClN4O4/c1-17-5-2-3-8-21(17)25(32)29-13-11-28(12-14-29)23-10-9-19(16-22(23)26)27-24(31)18-6-4-7-20(15-18)30(33)34/h2-10,15-16H,11-14H2,1H3,(H,27,31). The number of hydrogen-bond acceptors (Lipinski definition) is 5. The molecule has 3 aromatic rings. The zero-order chi connectivity index (χ0) is 24.2. The highest BCUT2D eigenvalue weighted by Gasteiger charge is 2.24. The minimum atomic E-state index is -0.545. The molecule has 1 heterocycles. The summed E-state index contributed by atoms with van der Waals surface area (Å²) in [4.78, 5) is 39.7. The van der Waals surface area contributed by atoms with Crippen LogP contribution in [0.15, 0.2) is 66.7 Å². The molecule has 1 N–H and O–H groups in total. The van der Waals surface area contributed by atoms with E-state index in [0.29, 0.717) is 36.9 Å². The van der Waals surface area contributed by atoms with Gasteiger partial charge in [0.15, 0.2) is 0 Å². The number of nitrogens with zero attached hydrogens (tertiary/aromatic N) is 3. The number of piperazine rings is 1. The van der Waals surface area contributed by atoms with Gasteiger partial charge in [0.2, 0.25) is 0 Å². The highest BCUT2D eigenvalue weighted by Crippen LogP contribution is 2.30. The Hall–Kier alpha value is -3.91. The lowest BCUT2D eigenvalue weighted by Gasteiger charge is -2.36. The van der Waals surface area contributed by atoms with Gasteiger partial charge in [-0.05, 0) is 42.8 Å². The van der Waals surface area contributed by atoms with Crippen LogP contribution in [0.2, 0.25) is 5.02 Å². The summed E-state index contributed by atoms with van der Waals surface area (Å²) in [5.74, 6) is -0.432. The SMILES string of the molecule is Cc1ccccc1C(=O)N1CCN(c2ccc(NC(=O)c3cccc([N+](=O)[O-])c3)cc2Cl)CC1. The van der Waals surface area contributed by atoms with E-state index in [2.05, 4.69) is 10.2 Å². The summed E-state index contributed by atoms with van der Waals surface area (Å²) in [5.41, 5.74) is 3.01. The Morgan fingerprint density at radius 2 is 1.71 bits per heavy atom. The quantitative estimate of drug-likeness (QED) is 0.421. The average molecular weight is 479 g/mol. The molecule has 0 aliphatic carbocycles. The molecule has 4 rings (SSSR count). The van der Waals surface area contributed by atoms with Crippen LogP contribution in [0.5, 0.6) is 0 Å². The van der Waals surface area contributed by atoms with Crippen LogP contribution in [0.3, 0.4) is 0 Å². The van der Waals surface area contributed by atoms with Gasteiger partial charge in [-0.3, -0.25) is 19.7 Å².